The average molecular weight is 271 g/mol. The van der Waals surface area contributed by atoms with Crippen LogP contribution in [0.5, 0.6) is 0 Å². The Labute approximate surface area is 109 Å². The van der Waals surface area contributed by atoms with Crippen molar-refractivity contribution in [1.29, 1.82) is 0 Å². The van der Waals surface area contributed by atoms with E-state index >= 15 is 0 Å². The van der Waals surface area contributed by atoms with Gasteiger partial charge in [0.25, 0.3) is 0 Å². The van der Waals surface area contributed by atoms with Crippen molar-refractivity contribution in [1.82, 2.24) is 0 Å². The highest BCUT2D eigenvalue weighted by Crippen LogP contribution is 2.30. The molecule has 1 aromatic carbocycles. The van der Waals surface area contributed by atoms with Gasteiger partial charge >= 0.3 is 0 Å². The average Bonchev–Trinajstić information content (AvgIpc) is 2.78. The Morgan fingerprint density at radius 2 is 1.71 bits per heavy atom. The van der Waals surface area contributed by atoms with Crippen molar-refractivity contribution in [3.63, 3.8) is 0 Å². The van der Waals surface area contributed by atoms with E-state index in [4.69, 9.17) is 21.1 Å². The number of hydrogen-bond donors (Lipinski definition) is 0. The van der Waals surface area contributed by atoms with Gasteiger partial charge in [-0.3, -0.25) is 0 Å². The maximum atomic E-state index is 6.03. The summed E-state index contributed by atoms with van der Waals surface area (Å²) in [4.78, 5) is 0. The molecule has 0 aromatic heterocycles. The molecule has 1 heterocycles. The van der Waals surface area contributed by atoms with Crippen molar-refractivity contribution < 1.29 is 9.47 Å². The molecule has 4 heteroatoms. The van der Waals surface area contributed by atoms with Crippen LogP contribution in [0, 0.1) is 0 Å². The maximum absolute atomic E-state index is 6.03. The lowest BCUT2D eigenvalue weighted by molar-refractivity contribution is -0.149. The Hall–Kier alpha value is -0.353. The minimum Gasteiger partial charge on any atom is -0.344 e. The third-order valence-electron chi connectivity index (χ3n) is 3.36. The first-order chi connectivity index (χ1) is 7.98. The molecule has 1 aromatic rings. The first-order valence-corrected chi connectivity index (χ1v) is 9.67. The normalized spacial score (nSPS) is 19.5. The van der Waals surface area contributed by atoms with Crippen LogP contribution in [0.1, 0.15) is 12.5 Å². The minimum absolute atomic E-state index is 0.564. The molecule has 0 radical (unpaired) electrons. The largest absolute Gasteiger partial charge is 0.344 e. The van der Waals surface area contributed by atoms with Crippen LogP contribution in [0.3, 0.4) is 0 Å². The summed E-state index contributed by atoms with van der Waals surface area (Å²) in [6, 6.07) is 8.53. The third kappa shape index (κ3) is 2.57. The number of hydrogen-bond acceptors (Lipinski definition) is 2. The van der Waals surface area contributed by atoms with E-state index in [1.54, 1.807) is 0 Å². The molecule has 0 amide bonds. The molecule has 0 saturated carbocycles. The molecule has 17 heavy (non-hydrogen) atoms. The highest BCUT2D eigenvalue weighted by atomic mass is 35.5. The number of alkyl halides is 1. The van der Waals surface area contributed by atoms with Crippen LogP contribution in [0.15, 0.2) is 24.3 Å². The topological polar surface area (TPSA) is 18.5 Å². The Kier molecular flexibility index (Phi) is 3.64. The molecule has 0 atom stereocenters. The predicted octanol–water partition coefficient (Wildman–Crippen LogP) is 2.60. The SMILES string of the molecule is CC1(c2ccc([Si](C)(C)CCl)cc2)OCCO1. The van der Waals surface area contributed by atoms with E-state index in [2.05, 4.69) is 37.4 Å². The van der Waals surface area contributed by atoms with Crippen LogP contribution in [0.2, 0.25) is 13.1 Å². The Morgan fingerprint density at radius 3 is 2.18 bits per heavy atom. The maximum Gasteiger partial charge on any atom is 0.192 e. The van der Waals surface area contributed by atoms with Crippen LogP contribution in [0.25, 0.3) is 0 Å². The van der Waals surface area contributed by atoms with Crippen molar-refractivity contribution in [3.05, 3.63) is 29.8 Å². The van der Waals surface area contributed by atoms with Crippen molar-refractivity contribution >= 4 is 24.9 Å². The molecule has 0 N–H and O–H groups in total. The third-order valence-corrected chi connectivity index (χ3v) is 7.93. The van der Waals surface area contributed by atoms with E-state index in [0.717, 1.165) is 11.1 Å². The van der Waals surface area contributed by atoms with Gasteiger partial charge in [0.2, 0.25) is 0 Å². The molecule has 1 saturated heterocycles. The first-order valence-electron chi connectivity index (χ1n) is 5.93. The summed E-state index contributed by atoms with van der Waals surface area (Å²) >= 11 is 6.03. The molecular formula is C13H19ClO2Si. The van der Waals surface area contributed by atoms with E-state index in [1.807, 2.05) is 6.92 Å². The number of halogens is 1. The predicted molar refractivity (Wildman–Crippen MR) is 73.5 cm³/mol. The van der Waals surface area contributed by atoms with E-state index in [9.17, 15) is 0 Å². The van der Waals surface area contributed by atoms with Crippen LogP contribution in [-0.4, -0.2) is 26.8 Å². The van der Waals surface area contributed by atoms with Crippen molar-refractivity contribution in [2.75, 3.05) is 18.7 Å². The van der Waals surface area contributed by atoms with Crippen LogP contribution in [0.4, 0.5) is 0 Å². The van der Waals surface area contributed by atoms with Crippen molar-refractivity contribution in [3.8, 4) is 0 Å². The summed E-state index contributed by atoms with van der Waals surface area (Å²) in [6.07, 6.45) is 0. The van der Waals surface area contributed by atoms with Gasteiger partial charge in [-0.2, -0.15) is 0 Å². The van der Waals surface area contributed by atoms with E-state index in [0.29, 0.717) is 13.2 Å². The Balaban J connectivity index is 2.24. The van der Waals surface area contributed by atoms with Gasteiger partial charge in [-0.05, 0) is 6.92 Å². The molecular weight excluding hydrogens is 252 g/mol. The van der Waals surface area contributed by atoms with E-state index in [-0.39, 0.29) is 0 Å². The lowest BCUT2D eigenvalue weighted by atomic mass is 10.1. The second kappa shape index (κ2) is 4.73. The van der Waals surface area contributed by atoms with Crippen LogP contribution < -0.4 is 5.19 Å². The first kappa shape index (κ1) is 13.1. The highest BCUT2D eigenvalue weighted by molar-refractivity contribution is 6.94. The number of benzene rings is 1. The van der Waals surface area contributed by atoms with Crippen molar-refractivity contribution in [2.24, 2.45) is 0 Å². The summed E-state index contributed by atoms with van der Waals surface area (Å²) in [5.74, 6) is -0.564. The summed E-state index contributed by atoms with van der Waals surface area (Å²) in [6.45, 7) is 7.86. The molecule has 2 rings (SSSR count). The Morgan fingerprint density at radius 1 is 1.18 bits per heavy atom. The fourth-order valence-electron chi connectivity index (χ4n) is 1.98. The fraction of sp³-hybridized carbons (Fsp3) is 0.538. The molecule has 1 aliphatic rings. The lowest BCUT2D eigenvalue weighted by Crippen LogP contribution is -2.43. The van der Waals surface area contributed by atoms with Gasteiger partial charge in [-0.15, -0.1) is 11.6 Å². The van der Waals surface area contributed by atoms with Gasteiger partial charge in [0, 0.05) is 11.1 Å². The zero-order valence-corrected chi connectivity index (χ0v) is 12.4. The standard InChI is InChI=1S/C13H19ClO2Si/c1-13(15-8-9-16-13)11-4-6-12(7-5-11)17(2,3)10-14/h4-7H,8-10H2,1-3H3. The molecule has 0 spiro atoms. The van der Waals surface area contributed by atoms with Crippen LogP contribution in [-0.2, 0) is 15.3 Å². The van der Waals surface area contributed by atoms with E-state index in [1.165, 1.54) is 5.19 Å². The smallest absolute Gasteiger partial charge is 0.192 e. The van der Waals surface area contributed by atoms with Crippen LogP contribution >= 0.6 is 11.6 Å². The van der Waals surface area contributed by atoms with E-state index < -0.39 is 13.9 Å². The lowest BCUT2D eigenvalue weighted by Gasteiger charge is -2.25. The molecule has 0 unspecified atom stereocenters. The molecule has 2 nitrogen and oxygen atoms in total. The van der Waals surface area contributed by atoms with Gasteiger partial charge in [0.05, 0.1) is 21.3 Å². The van der Waals surface area contributed by atoms with Gasteiger partial charge in [-0.25, -0.2) is 0 Å². The van der Waals surface area contributed by atoms with Gasteiger partial charge in [0.15, 0.2) is 5.79 Å². The monoisotopic (exact) mass is 270 g/mol. The highest BCUT2D eigenvalue weighted by Gasteiger charge is 2.33. The van der Waals surface area contributed by atoms with Gasteiger partial charge in [-0.1, -0.05) is 42.5 Å². The zero-order chi connectivity index (χ0) is 12.5. The van der Waals surface area contributed by atoms with Crippen molar-refractivity contribution in [2.45, 2.75) is 25.8 Å². The summed E-state index contributed by atoms with van der Waals surface area (Å²) in [5.41, 5.74) is 1.83. The fourth-order valence-corrected chi connectivity index (χ4v) is 3.67. The second-order valence-corrected chi connectivity index (χ2v) is 10.7. The summed E-state index contributed by atoms with van der Waals surface area (Å²) in [5, 5.41) is 1.37. The second-order valence-electron chi connectivity index (χ2n) is 5.24. The molecule has 0 aliphatic carbocycles. The number of rotatable bonds is 3. The minimum atomic E-state index is -1.46. The number of ether oxygens (including phenoxy) is 2. The molecule has 1 fully saturated rings. The molecule has 94 valence electrons. The zero-order valence-electron chi connectivity index (χ0n) is 10.6. The summed E-state index contributed by atoms with van der Waals surface area (Å²) < 4.78 is 11.3. The quantitative estimate of drug-likeness (QED) is 0.621. The molecule has 0 bridgehead atoms. The Bertz CT molecular complexity index is 383. The summed E-state index contributed by atoms with van der Waals surface area (Å²) in [7, 11) is -1.46. The molecule has 1 aliphatic heterocycles. The van der Waals surface area contributed by atoms with Gasteiger partial charge in [0.1, 0.15) is 0 Å². The van der Waals surface area contributed by atoms with Gasteiger partial charge < -0.3 is 9.47 Å².